The first-order valence-corrected chi connectivity index (χ1v) is 7.17. The quantitative estimate of drug-likeness (QED) is 0.860. The molecule has 1 aromatic heterocycles. The van der Waals surface area contributed by atoms with Crippen molar-refractivity contribution in [1.29, 1.82) is 0 Å². The van der Waals surface area contributed by atoms with Crippen molar-refractivity contribution in [2.45, 2.75) is 26.4 Å². The van der Waals surface area contributed by atoms with E-state index in [2.05, 4.69) is 5.10 Å². The molecule has 0 amide bonds. The highest BCUT2D eigenvalue weighted by Crippen LogP contribution is 2.34. The summed E-state index contributed by atoms with van der Waals surface area (Å²) >= 11 is 5.88. The van der Waals surface area contributed by atoms with Crippen LogP contribution in [-0.2, 0) is 9.53 Å². The second-order valence-electron chi connectivity index (χ2n) is 5.69. The lowest BCUT2D eigenvalue weighted by atomic mass is 10.1. The van der Waals surface area contributed by atoms with Gasteiger partial charge in [-0.25, -0.2) is 9.48 Å². The number of ether oxygens (including phenoxy) is 1. The largest absolute Gasteiger partial charge is 0.506 e. The third-order valence-corrected chi connectivity index (χ3v) is 3.83. The van der Waals surface area contributed by atoms with E-state index >= 15 is 0 Å². The van der Waals surface area contributed by atoms with Gasteiger partial charge >= 0.3 is 5.97 Å². The number of cyclic esters (lactones) is 1. The maximum atomic E-state index is 12.0. The molecule has 0 radical (unpaired) electrons. The van der Waals surface area contributed by atoms with Gasteiger partial charge in [0.15, 0.2) is 17.1 Å². The Labute approximate surface area is 132 Å². The summed E-state index contributed by atoms with van der Waals surface area (Å²) in [6, 6.07) is 9.07. The molecule has 0 atom stereocenters. The van der Waals surface area contributed by atoms with E-state index in [4.69, 9.17) is 16.3 Å². The zero-order valence-corrected chi connectivity index (χ0v) is 13.2. The van der Waals surface area contributed by atoms with Gasteiger partial charge in [0.1, 0.15) is 0 Å². The van der Waals surface area contributed by atoms with Crippen molar-refractivity contribution in [3.05, 3.63) is 46.8 Å². The van der Waals surface area contributed by atoms with Gasteiger partial charge in [-0.2, -0.15) is 5.10 Å². The summed E-state index contributed by atoms with van der Waals surface area (Å²) < 4.78 is 6.59. The Morgan fingerprint density at radius 2 is 1.91 bits per heavy atom. The zero-order valence-electron chi connectivity index (χ0n) is 12.4. The van der Waals surface area contributed by atoms with Crippen LogP contribution >= 0.6 is 11.6 Å². The molecule has 0 saturated heterocycles. The van der Waals surface area contributed by atoms with Gasteiger partial charge in [-0.05, 0) is 39.0 Å². The SMILES string of the molecule is Cc1cc(-c2ccc(Cl)cc2)nn1C1=C(O)C(C)(C)OC1=O. The van der Waals surface area contributed by atoms with Crippen LogP contribution in [-0.4, -0.2) is 26.5 Å². The summed E-state index contributed by atoms with van der Waals surface area (Å²) in [5.41, 5.74) is 1.30. The Kier molecular flexibility index (Phi) is 3.25. The summed E-state index contributed by atoms with van der Waals surface area (Å²) in [7, 11) is 0. The Bertz CT molecular complexity index is 788. The maximum Gasteiger partial charge on any atom is 0.361 e. The molecule has 0 unspecified atom stereocenters. The number of halogens is 1. The van der Waals surface area contributed by atoms with Crippen LogP contribution in [0.25, 0.3) is 17.0 Å². The molecule has 1 aliphatic heterocycles. The Morgan fingerprint density at radius 1 is 1.27 bits per heavy atom. The molecular weight excluding hydrogens is 304 g/mol. The average Bonchev–Trinajstić information content (AvgIpc) is 2.89. The minimum atomic E-state index is -1.04. The van der Waals surface area contributed by atoms with Gasteiger partial charge < -0.3 is 9.84 Å². The molecule has 3 rings (SSSR count). The normalized spacial score (nSPS) is 17.0. The number of hydrogen-bond donors (Lipinski definition) is 1. The molecular formula is C16H15ClN2O3. The van der Waals surface area contributed by atoms with Crippen molar-refractivity contribution >= 4 is 23.3 Å². The molecule has 2 aromatic rings. The maximum absolute atomic E-state index is 12.0. The monoisotopic (exact) mass is 318 g/mol. The third kappa shape index (κ3) is 2.27. The molecule has 5 nitrogen and oxygen atoms in total. The van der Waals surface area contributed by atoms with Gasteiger partial charge in [-0.1, -0.05) is 23.7 Å². The van der Waals surface area contributed by atoms with E-state index in [-0.39, 0.29) is 11.5 Å². The van der Waals surface area contributed by atoms with Crippen LogP contribution in [0.2, 0.25) is 5.02 Å². The minimum absolute atomic E-state index is 0.0581. The molecule has 1 N–H and O–H groups in total. The summed E-state index contributed by atoms with van der Waals surface area (Å²) in [6.45, 7) is 5.07. The molecule has 0 bridgehead atoms. The molecule has 2 heterocycles. The second kappa shape index (κ2) is 4.88. The van der Waals surface area contributed by atoms with E-state index in [9.17, 15) is 9.90 Å². The van der Waals surface area contributed by atoms with Gasteiger partial charge in [0.2, 0.25) is 0 Å². The number of aryl methyl sites for hydroxylation is 1. The van der Waals surface area contributed by atoms with Gasteiger partial charge in [0.05, 0.1) is 5.69 Å². The van der Waals surface area contributed by atoms with Crippen LogP contribution in [0, 0.1) is 6.92 Å². The van der Waals surface area contributed by atoms with Gasteiger partial charge in [0.25, 0.3) is 0 Å². The molecule has 0 aliphatic carbocycles. The molecule has 6 heteroatoms. The number of aliphatic hydroxyl groups is 1. The van der Waals surface area contributed by atoms with Crippen molar-refractivity contribution in [3.63, 3.8) is 0 Å². The van der Waals surface area contributed by atoms with Gasteiger partial charge in [0, 0.05) is 16.3 Å². The first-order valence-electron chi connectivity index (χ1n) is 6.79. The highest BCUT2D eigenvalue weighted by Gasteiger charge is 2.42. The number of carbonyl (C=O) groups excluding carboxylic acids is 1. The predicted octanol–water partition coefficient (Wildman–Crippen LogP) is 3.57. The first-order chi connectivity index (χ1) is 10.3. The smallest absolute Gasteiger partial charge is 0.361 e. The van der Waals surface area contributed by atoms with E-state index in [0.29, 0.717) is 10.7 Å². The third-order valence-electron chi connectivity index (χ3n) is 3.58. The van der Waals surface area contributed by atoms with Gasteiger partial charge in [-0.3, -0.25) is 0 Å². The Hall–Kier alpha value is -2.27. The highest BCUT2D eigenvalue weighted by atomic mass is 35.5. The molecule has 1 aliphatic rings. The van der Waals surface area contributed by atoms with Crippen molar-refractivity contribution in [3.8, 4) is 11.3 Å². The van der Waals surface area contributed by atoms with Gasteiger partial charge in [-0.15, -0.1) is 0 Å². The topological polar surface area (TPSA) is 64.3 Å². The lowest BCUT2D eigenvalue weighted by molar-refractivity contribution is -0.144. The summed E-state index contributed by atoms with van der Waals surface area (Å²) in [4.78, 5) is 12.0. The molecule has 114 valence electrons. The fraction of sp³-hybridized carbons (Fsp3) is 0.250. The predicted molar refractivity (Wildman–Crippen MR) is 83.4 cm³/mol. The zero-order chi connectivity index (χ0) is 16.1. The van der Waals surface area contributed by atoms with Crippen LogP contribution in [0.1, 0.15) is 19.5 Å². The Morgan fingerprint density at radius 3 is 2.45 bits per heavy atom. The van der Waals surface area contributed by atoms with E-state index in [0.717, 1.165) is 11.3 Å². The fourth-order valence-electron chi connectivity index (χ4n) is 2.36. The number of carbonyl (C=O) groups is 1. The summed E-state index contributed by atoms with van der Waals surface area (Å²) in [6.07, 6.45) is 0. The molecule has 1 aromatic carbocycles. The van der Waals surface area contributed by atoms with Crippen molar-refractivity contribution in [2.75, 3.05) is 0 Å². The van der Waals surface area contributed by atoms with Crippen LogP contribution in [0.15, 0.2) is 36.1 Å². The number of esters is 1. The van der Waals surface area contributed by atoms with E-state index in [1.807, 2.05) is 25.1 Å². The van der Waals surface area contributed by atoms with Crippen LogP contribution < -0.4 is 0 Å². The lowest BCUT2D eigenvalue weighted by Crippen LogP contribution is -2.22. The number of nitrogens with zero attached hydrogens (tertiary/aromatic N) is 2. The number of benzene rings is 1. The molecule has 22 heavy (non-hydrogen) atoms. The first kappa shape index (κ1) is 14.7. The average molecular weight is 319 g/mol. The van der Waals surface area contributed by atoms with Crippen molar-refractivity contribution < 1.29 is 14.6 Å². The molecule has 0 fully saturated rings. The molecule has 0 saturated carbocycles. The van der Waals surface area contributed by atoms with Crippen LogP contribution in [0.5, 0.6) is 0 Å². The van der Waals surface area contributed by atoms with Crippen LogP contribution in [0.3, 0.4) is 0 Å². The van der Waals surface area contributed by atoms with E-state index < -0.39 is 11.6 Å². The number of hydrogen-bond acceptors (Lipinski definition) is 4. The lowest BCUT2D eigenvalue weighted by Gasteiger charge is -2.15. The highest BCUT2D eigenvalue weighted by molar-refractivity contribution is 6.30. The van der Waals surface area contributed by atoms with E-state index in [1.165, 1.54) is 4.68 Å². The summed E-state index contributed by atoms with van der Waals surface area (Å²) in [5, 5.41) is 15.3. The fourth-order valence-corrected chi connectivity index (χ4v) is 2.49. The summed E-state index contributed by atoms with van der Waals surface area (Å²) in [5.74, 6) is -0.706. The number of aromatic nitrogens is 2. The molecule has 0 spiro atoms. The standard InChI is InChI=1S/C16H15ClN2O3/c1-9-8-12(10-4-6-11(17)7-5-10)18-19(9)13-14(20)16(2,3)22-15(13)21/h4-8,20H,1-3H3. The minimum Gasteiger partial charge on any atom is -0.506 e. The Balaban J connectivity index is 2.09. The number of aliphatic hydroxyl groups excluding tert-OH is 1. The van der Waals surface area contributed by atoms with Crippen LogP contribution in [0.4, 0.5) is 0 Å². The van der Waals surface area contributed by atoms with E-state index in [1.54, 1.807) is 26.0 Å². The van der Waals surface area contributed by atoms with Crippen molar-refractivity contribution in [1.82, 2.24) is 9.78 Å². The van der Waals surface area contributed by atoms with Crippen molar-refractivity contribution in [2.24, 2.45) is 0 Å². The number of rotatable bonds is 2. The second-order valence-corrected chi connectivity index (χ2v) is 6.12.